The molecule has 0 unspecified atom stereocenters. The zero-order chi connectivity index (χ0) is 8.53. The molecule has 2 nitrogen and oxygen atoms in total. The maximum absolute atomic E-state index is 8.95. The summed E-state index contributed by atoms with van der Waals surface area (Å²) in [7, 11) is 1.31. The Kier molecular flexibility index (Phi) is 6.79. The highest BCUT2D eigenvalue weighted by molar-refractivity contribution is 5.36. The molecule has 1 aliphatic rings. The van der Waals surface area contributed by atoms with Gasteiger partial charge in [0.05, 0.1) is 7.11 Å². The van der Waals surface area contributed by atoms with Crippen LogP contribution in [0.4, 0.5) is 0 Å². The van der Waals surface area contributed by atoms with E-state index in [1.165, 1.54) is 32.8 Å². The Balaban J connectivity index is 0.000000218. The average Bonchev–Trinajstić information content (AvgIpc) is 2.07. The summed E-state index contributed by atoms with van der Waals surface area (Å²) >= 11 is 0. The molecule has 0 N–H and O–H groups in total. The highest BCUT2D eigenvalue weighted by Gasteiger charge is 1.95. The lowest BCUT2D eigenvalue weighted by Gasteiger charge is -2.05. The molecule has 0 bridgehead atoms. The molecule has 11 heavy (non-hydrogen) atoms. The van der Waals surface area contributed by atoms with Gasteiger partial charge in [0.25, 0.3) is 6.47 Å². The van der Waals surface area contributed by atoms with Crippen molar-refractivity contribution >= 4 is 6.47 Å². The largest absolute Gasteiger partial charge is 0.471 e. The molecule has 64 valence electrons. The van der Waals surface area contributed by atoms with Crippen molar-refractivity contribution in [2.75, 3.05) is 7.11 Å². The molecular formula is C9H16O2. The van der Waals surface area contributed by atoms with Crippen molar-refractivity contribution < 1.29 is 9.53 Å². The Hall–Kier alpha value is -0.790. The second-order valence-corrected chi connectivity index (χ2v) is 2.63. The van der Waals surface area contributed by atoms with Crippen molar-refractivity contribution in [3.63, 3.8) is 0 Å². The number of methoxy groups -OCH3 is 1. The summed E-state index contributed by atoms with van der Waals surface area (Å²) in [6.07, 6.45) is 7.86. The highest BCUT2D eigenvalue weighted by atomic mass is 16.5. The predicted molar refractivity (Wildman–Crippen MR) is 45.3 cm³/mol. The number of rotatable bonds is 1. The highest BCUT2D eigenvalue weighted by Crippen LogP contribution is 2.15. The van der Waals surface area contributed by atoms with Crippen LogP contribution in [0.25, 0.3) is 0 Å². The second-order valence-electron chi connectivity index (χ2n) is 2.63. The minimum atomic E-state index is 0.375. The van der Waals surface area contributed by atoms with E-state index in [1.807, 2.05) is 0 Å². The van der Waals surface area contributed by atoms with Crippen molar-refractivity contribution in [2.45, 2.75) is 32.6 Å². The van der Waals surface area contributed by atoms with E-state index in [2.05, 4.69) is 17.7 Å². The monoisotopic (exact) mass is 156 g/mol. The van der Waals surface area contributed by atoms with Crippen molar-refractivity contribution in [3.05, 3.63) is 11.6 Å². The minimum Gasteiger partial charge on any atom is -0.471 e. The molecular weight excluding hydrogens is 140 g/mol. The van der Waals surface area contributed by atoms with E-state index in [4.69, 9.17) is 4.79 Å². The molecule has 0 spiro atoms. The molecule has 0 saturated heterocycles. The lowest BCUT2D eigenvalue weighted by atomic mass is 10.0. The third-order valence-corrected chi connectivity index (χ3v) is 1.61. The molecule has 0 aromatic carbocycles. The molecule has 1 rings (SSSR count). The Morgan fingerprint density at radius 2 is 2.18 bits per heavy atom. The standard InChI is InChI=1S/C7H12.C2H4O2/c1-7-5-3-2-4-6-7;1-4-2-3/h5H,2-4,6H2,1H3;2H,1H3. The summed E-state index contributed by atoms with van der Waals surface area (Å²) in [5.41, 5.74) is 1.59. The lowest BCUT2D eigenvalue weighted by Crippen LogP contribution is -1.85. The van der Waals surface area contributed by atoms with Gasteiger partial charge in [-0.05, 0) is 32.6 Å². The van der Waals surface area contributed by atoms with Gasteiger partial charge < -0.3 is 4.74 Å². The number of allylic oxidation sites excluding steroid dienone is 2. The van der Waals surface area contributed by atoms with E-state index < -0.39 is 0 Å². The van der Waals surface area contributed by atoms with Crippen LogP contribution in [0.2, 0.25) is 0 Å². The van der Waals surface area contributed by atoms with Gasteiger partial charge in [-0.3, -0.25) is 4.79 Å². The van der Waals surface area contributed by atoms with E-state index in [1.54, 1.807) is 5.57 Å². The third-order valence-electron chi connectivity index (χ3n) is 1.61. The normalized spacial score (nSPS) is 15.6. The van der Waals surface area contributed by atoms with E-state index in [9.17, 15) is 0 Å². The zero-order valence-corrected chi connectivity index (χ0v) is 7.30. The fraction of sp³-hybridized carbons (Fsp3) is 0.667. The fourth-order valence-electron chi connectivity index (χ4n) is 0.999. The van der Waals surface area contributed by atoms with Crippen LogP contribution in [0.15, 0.2) is 11.6 Å². The molecule has 0 amide bonds. The molecule has 0 aromatic rings. The van der Waals surface area contributed by atoms with Gasteiger partial charge >= 0.3 is 0 Å². The molecule has 0 heterocycles. The Labute approximate surface area is 68.2 Å². The average molecular weight is 156 g/mol. The van der Waals surface area contributed by atoms with E-state index >= 15 is 0 Å². The van der Waals surface area contributed by atoms with Crippen molar-refractivity contribution in [3.8, 4) is 0 Å². The summed E-state index contributed by atoms with van der Waals surface area (Å²) in [6.45, 7) is 2.60. The number of hydrogen-bond acceptors (Lipinski definition) is 2. The number of carbonyl (C=O) groups excluding carboxylic acids is 1. The number of hydrogen-bond donors (Lipinski definition) is 0. The summed E-state index contributed by atoms with van der Waals surface area (Å²) < 4.78 is 3.86. The van der Waals surface area contributed by atoms with Gasteiger partial charge in [0.15, 0.2) is 0 Å². The predicted octanol–water partition coefficient (Wildman–Crippen LogP) is 2.30. The van der Waals surface area contributed by atoms with Gasteiger partial charge in [-0.15, -0.1) is 0 Å². The number of ether oxygens (including phenoxy) is 1. The fourth-order valence-corrected chi connectivity index (χ4v) is 0.999. The molecule has 1 aliphatic carbocycles. The summed E-state index contributed by atoms with van der Waals surface area (Å²) in [5, 5.41) is 0. The molecule has 2 heteroatoms. The van der Waals surface area contributed by atoms with Crippen molar-refractivity contribution in [2.24, 2.45) is 0 Å². The van der Waals surface area contributed by atoms with Crippen LogP contribution in [0.1, 0.15) is 32.6 Å². The molecule has 0 saturated carbocycles. The smallest absolute Gasteiger partial charge is 0.292 e. The van der Waals surface area contributed by atoms with Gasteiger partial charge in [0.1, 0.15) is 0 Å². The second kappa shape index (κ2) is 7.32. The quantitative estimate of drug-likeness (QED) is 0.430. The Morgan fingerprint density at radius 3 is 2.36 bits per heavy atom. The Morgan fingerprint density at radius 1 is 1.55 bits per heavy atom. The van der Waals surface area contributed by atoms with E-state index in [0.717, 1.165) is 0 Å². The molecule has 0 fully saturated rings. The molecule has 0 atom stereocenters. The van der Waals surface area contributed by atoms with Gasteiger partial charge in [0, 0.05) is 0 Å². The van der Waals surface area contributed by atoms with Crippen LogP contribution in [-0.2, 0) is 9.53 Å². The van der Waals surface area contributed by atoms with Gasteiger partial charge in [-0.1, -0.05) is 11.6 Å². The first-order valence-corrected chi connectivity index (χ1v) is 3.93. The first-order chi connectivity index (χ1) is 5.31. The summed E-state index contributed by atoms with van der Waals surface area (Å²) in [6, 6.07) is 0. The van der Waals surface area contributed by atoms with Crippen molar-refractivity contribution in [1.29, 1.82) is 0 Å². The van der Waals surface area contributed by atoms with E-state index in [0.29, 0.717) is 6.47 Å². The van der Waals surface area contributed by atoms with E-state index in [-0.39, 0.29) is 0 Å². The van der Waals surface area contributed by atoms with Gasteiger partial charge in [-0.25, -0.2) is 0 Å². The minimum absolute atomic E-state index is 0.375. The first kappa shape index (κ1) is 10.2. The summed E-state index contributed by atoms with van der Waals surface area (Å²) in [4.78, 5) is 8.95. The topological polar surface area (TPSA) is 26.3 Å². The lowest BCUT2D eigenvalue weighted by molar-refractivity contribution is -0.126. The maximum atomic E-state index is 8.95. The molecule has 0 radical (unpaired) electrons. The SMILES string of the molecule is CC1=CCCCC1.COC=O. The Bertz CT molecular complexity index is 128. The molecule has 0 aromatic heterocycles. The van der Waals surface area contributed by atoms with Crippen LogP contribution >= 0.6 is 0 Å². The number of carbonyl (C=O) groups is 1. The third kappa shape index (κ3) is 7.10. The van der Waals surface area contributed by atoms with Crippen LogP contribution in [0, 0.1) is 0 Å². The molecule has 0 aliphatic heterocycles. The van der Waals surface area contributed by atoms with Gasteiger partial charge in [-0.2, -0.15) is 0 Å². The first-order valence-electron chi connectivity index (χ1n) is 3.93. The van der Waals surface area contributed by atoms with Crippen LogP contribution in [0.5, 0.6) is 0 Å². The van der Waals surface area contributed by atoms with Crippen LogP contribution < -0.4 is 0 Å². The van der Waals surface area contributed by atoms with Crippen molar-refractivity contribution in [1.82, 2.24) is 0 Å². The van der Waals surface area contributed by atoms with Crippen LogP contribution in [-0.4, -0.2) is 13.6 Å². The maximum Gasteiger partial charge on any atom is 0.292 e. The summed E-state index contributed by atoms with van der Waals surface area (Å²) in [5.74, 6) is 0. The van der Waals surface area contributed by atoms with Gasteiger partial charge in [0.2, 0.25) is 0 Å². The van der Waals surface area contributed by atoms with Crippen LogP contribution in [0.3, 0.4) is 0 Å². The zero-order valence-electron chi connectivity index (χ0n) is 7.30.